The van der Waals surface area contributed by atoms with E-state index in [9.17, 15) is 0 Å². The molecule has 0 N–H and O–H groups in total. The molecule has 70 valence electrons. The Labute approximate surface area is 76.9 Å². The summed E-state index contributed by atoms with van der Waals surface area (Å²) in [5, 5.41) is 3.78. The summed E-state index contributed by atoms with van der Waals surface area (Å²) in [4.78, 5) is 6.38. The average molecular weight is 179 g/mol. The lowest BCUT2D eigenvalue weighted by Gasteiger charge is -2.55. The van der Waals surface area contributed by atoms with E-state index in [2.05, 4.69) is 15.0 Å². The van der Waals surface area contributed by atoms with Gasteiger partial charge in [-0.15, -0.1) is 0 Å². The maximum absolute atomic E-state index is 5.09. The Bertz CT molecular complexity index is 321. The van der Waals surface area contributed by atoms with Crippen LogP contribution in [0.25, 0.3) is 0 Å². The first-order valence-electron chi connectivity index (χ1n) is 4.83. The van der Waals surface area contributed by atoms with Crippen LogP contribution in [0.5, 0.6) is 0 Å². The zero-order valence-electron chi connectivity index (χ0n) is 7.79. The van der Waals surface area contributed by atoms with Gasteiger partial charge in [0.25, 0.3) is 0 Å². The molecule has 1 saturated carbocycles. The highest BCUT2D eigenvalue weighted by molar-refractivity contribution is 5.33. The van der Waals surface area contributed by atoms with Gasteiger partial charge in [0.2, 0.25) is 0 Å². The van der Waals surface area contributed by atoms with E-state index in [0.29, 0.717) is 11.4 Å². The first-order valence-corrected chi connectivity index (χ1v) is 4.83. The van der Waals surface area contributed by atoms with Crippen molar-refractivity contribution in [3.05, 3.63) is 5.82 Å². The minimum Gasteiger partial charge on any atom is -0.323 e. The van der Waals surface area contributed by atoms with Gasteiger partial charge >= 0.3 is 6.01 Å². The topological polar surface area (TPSA) is 42.2 Å². The molecule has 2 aliphatic rings. The van der Waals surface area contributed by atoms with Crippen LogP contribution in [0.15, 0.2) is 4.52 Å². The zero-order chi connectivity index (χ0) is 8.89. The monoisotopic (exact) mass is 179 g/mol. The summed E-state index contributed by atoms with van der Waals surface area (Å²) in [5.41, 5.74) is 0.627. The molecule has 1 aromatic heterocycles. The maximum Gasteiger partial charge on any atom is 0.324 e. The van der Waals surface area contributed by atoms with Crippen LogP contribution >= 0.6 is 0 Å². The number of aromatic nitrogens is 2. The fourth-order valence-electron chi connectivity index (χ4n) is 2.31. The predicted octanol–water partition coefficient (Wildman–Crippen LogP) is 1.37. The Morgan fingerprint density at radius 1 is 1.38 bits per heavy atom. The zero-order valence-corrected chi connectivity index (χ0v) is 7.79. The van der Waals surface area contributed by atoms with Crippen LogP contribution in [0.3, 0.4) is 0 Å². The van der Waals surface area contributed by atoms with Crippen LogP contribution in [0.1, 0.15) is 25.1 Å². The molecular formula is C9H13N3O. The van der Waals surface area contributed by atoms with Gasteiger partial charge in [-0.3, -0.25) is 0 Å². The van der Waals surface area contributed by atoms with Crippen molar-refractivity contribution in [2.75, 3.05) is 18.0 Å². The molecule has 0 unspecified atom stereocenters. The fraction of sp³-hybridized carbons (Fsp3) is 0.778. The van der Waals surface area contributed by atoms with E-state index in [0.717, 1.165) is 18.9 Å². The van der Waals surface area contributed by atoms with Crippen molar-refractivity contribution in [3.8, 4) is 0 Å². The third kappa shape index (κ3) is 0.975. The van der Waals surface area contributed by atoms with E-state index < -0.39 is 0 Å². The lowest BCUT2D eigenvalue weighted by atomic mass is 9.64. The van der Waals surface area contributed by atoms with Crippen molar-refractivity contribution >= 4 is 6.01 Å². The van der Waals surface area contributed by atoms with Crippen molar-refractivity contribution in [3.63, 3.8) is 0 Å². The van der Waals surface area contributed by atoms with Gasteiger partial charge in [-0.25, -0.2) is 0 Å². The van der Waals surface area contributed by atoms with Gasteiger partial charge in [-0.1, -0.05) is 11.6 Å². The predicted molar refractivity (Wildman–Crippen MR) is 47.5 cm³/mol. The van der Waals surface area contributed by atoms with E-state index in [4.69, 9.17) is 4.52 Å². The Morgan fingerprint density at radius 2 is 2.15 bits per heavy atom. The van der Waals surface area contributed by atoms with Gasteiger partial charge in [-0.05, 0) is 19.8 Å². The molecule has 13 heavy (non-hydrogen) atoms. The Morgan fingerprint density at radius 3 is 2.62 bits per heavy atom. The highest BCUT2D eigenvalue weighted by Gasteiger charge is 2.48. The largest absolute Gasteiger partial charge is 0.324 e. The second-order valence-electron chi connectivity index (χ2n) is 4.33. The minimum absolute atomic E-state index is 0.627. The third-order valence-electron chi connectivity index (χ3n) is 3.25. The minimum atomic E-state index is 0.627. The molecule has 0 amide bonds. The summed E-state index contributed by atoms with van der Waals surface area (Å²) in [7, 11) is 0. The Kier molecular flexibility index (Phi) is 1.27. The normalized spacial score (nSPS) is 24.2. The Balaban J connectivity index is 1.70. The van der Waals surface area contributed by atoms with Crippen LogP contribution in [-0.2, 0) is 0 Å². The number of anilines is 1. The summed E-state index contributed by atoms with van der Waals surface area (Å²) < 4.78 is 5.09. The van der Waals surface area contributed by atoms with E-state index in [-0.39, 0.29) is 0 Å². The first kappa shape index (κ1) is 7.35. The van der Waals surface area contributed by atoms with E-state index in [1.54, 1.807) is 0 Å². The molecule has 3 rings (SSSR count). The van der Waals surface area contributed by atoms with Gasteiger partial charge in [0.05, 0.1) is 0 Å². The van der Waals surface area contributed by atoms with Crippen LogP contribution in [0, 0.1) is 12.3 Å². The second-order valence-corrected chi connectivity index (χ2v) is 4.33. The molecule has 2 fully saturated rings. The molecule has 4 heteroatoms. The number of hydrogen-bond donors (Lipinski definition) is 0. The summed E-state index contributed by atoms with van der Waals surface area (Å²) in [6, 6.07) is 0.704. The molecule has 4 nitrogen and oxygen atoms in total. The van der Waals surface area contributed by atoms with E-state index >= 15 is 0 Å². The van der Waals surface area contributed by atoms with Crippen molar-refractivity contribution in [2.24, 2.45) is 5.41 Å². The molecular weight excluding hydrogens is 166 g/mol. The second kappa shape index (κ2) is 2.25. The van der Waals surface area contributed by atoms with Crippen LogP contribution in [0.2, 0.25) is 0 Å². The molecule has 1 aliphatic heterocycles. The number of aryl methyl sites for hydroxylation is 1. The summed E-state index contributed by atoms with van der Waals surface area (Å²) in [5.74, 6) is 0.726. The lowest BCUT2D eigenvalue weighted by molar-refractivity contribution is 0.0840. The molecule has 1 spiro atoms. The fourth-order valence-corrected chi connectivity index (χ4v) is 2.31. The maximum atomic E-state index is 5.09. The summed E-state index contributed by atoms with van der Waals surface area (Å²) in [6.45, 7) is 4.09. The molecule has 0 bridgehead atoms. The highest BCUT2D eigenvalue weighted by atomic mass is 16.5. The SMILES string of the molecule is Cc1noc(N2CC3(CCC3)C2)n1. The Hall–Kier alpha value is -1.06. The van der Waals surface area contributed by atoms with Crippen molar-refractivity contribution in [1.29, 1.82) is 0 Å². The van der Waals surface area contributed by atoms with E-state index in [1.165, 1.54) is 19.3 Å². The lowest BCUT2D eigenvalue weighted by Crippen LogP contribution is -2.60. The van der Waals surface area contributed by atoms with Crippen molar-refractivity contribution in [2.45, 2.75) is 26.2 Å². The van der Waals surface area contributed by atoms with Crippen LogP contribution in [-0.4, -0.2) is 23.2 Å². The quantitative estimate of drug-likeness (QED) is 0.653. The molecule has 2 heterocycles. The molecule has 1 saturated heterocycles. The van der Waals surface area contributed by atoms with E-state index in [1.807, 2.05) is 6.92 Å². The number of nitrogens with zero attached hydrogens (tertiary/aromatic N) is 3. The van der Waals surface area contributed by atoms with Gasteiger partial charge in [-0.2, -0.15) is 4.98 Å². The molecule has 1 aliphatic carbocycles. The van der Waals surface area contributed by atoms with Gasteiger partial charge in [0, 0.05) is 18.5 Å². The molecule has 0 radical (unpaired) electrons. The van der Waals surface area contributed by atoms with Crippen LogP contribution < -0.4 is 4.90 Å². The van der Waals surface area contributed by atoms with Gasteiger partial charge in [0.1, 0.15) is 0 Å². The number of rotatable bonds is 1. The van der Waals surface area contributed by atoms with Crippen molar-refractivity contribution in [1.82, 2.24) is 10.1 Å². The summed E-state index contributed by atoms with van der Waals surface area (Å²) >= 11 is 0. The highest BCUT2D eigenvalue weighted by Crippen LogP contribution is 2.48. The standard InChI is InChI=1S/C9H13N3O/c1-7-10-8(13-11-7)12-5-9(6-12)3-2-4-9/h2-6H2,1H3. The average Bonchev–Trinajstić information content (AvgIpc) is 2.29. The first-order chi connectivity index (χ1) is 6.27. The third-order valence-corrected chi connectivity index (χ3v) is 3.25. The van der Waals surface area contributed by atoms with Gasteiger partial charge in [0.15, 0.2) is 5.82 Å². The smallest absolute Gasteiger partial charge is 0.323 e. The molecule has 0 atom stereocenters. The van der Waals surface area contributed by atoms with Crippen LogP contribution in [0.4, 0.5) is 6.01 Å². The molecule has 1 aromatic rings. The summed E-state index contributed by atoms with van der Waals surface area (Å²) in [6.07, 6.45) is 4.17. The van der Waals surface area contributed by atoms with Crippen molar-refractivity contribution < 1.29 is 4.52 Å². The van der Waals surface area contributed by atoms with Gasteiger partial charge < -0.3 is 9.42 Å². The number of hydrogen-bond acceptors (Lipinski definition) is 4. The molecule has 0 aromatic carbocycles.